The molecule has 1 aliphatic carbocycles. The molecule has 0 atom stereocenters. The summed E-state index contributed by atoms with van der Waals surface area (Å²) in [6, 6.07) is -0.367. The number of alkyl carbamates (subject to hydrolysis) is 1. The summed E-state index contributed by atoms with van der Waals surface area (Å²) < 4.78 is 4.36. The van der Waals surface area contributed by atoms with Crippen molar-refractivity contribution in [2.45, 2.75) is 38.1 Å². The van der Waals surface area contributed by atoms with Crippen molar-refractivity contribution in [3.63, 3.8) is 0 Å². The first-order valence-electron chi connectivity index (χ1n) is 4.51. The molecule has 1 amide bonds. The van der Waals surface area contributed by atoms with E-state index in [1.807, 2.05) is 0 Å². The Morgan fingerprint density at radius 2 is 2.00 bits per heavy atom. The first-order chi connectivity index (χ1) is 6.18. The summed E-state index contributed by atoms with van der Waals surface area (Å²) in [5, 5.41) is 9.40. The van der Waals surface area contributed by atoms with Gasteiger partial charge in [0.05, 0.1) is 0 Å². The van der Waals surface area contributed by atoms with Crippen molar-refractivity contribution in [2.75, 3.05) is 0 Å². The second-order valence-electron chi connectivity index (χ2n) is 3.23. The lowest BCUT2D eigenvalue weighted by Gasteiger charge is -2.21. The molecule has 1 rings (SSSR count). The predicted molar refractivity (Wildman–Crippen MR) is 48.4 cm³/mol. The minimum atomic E-state index is -0.612. The van der Waals surface area contributed by atoms with Gasteiger partial charge in [0.2, 0.25) is 0 Å². The number of carbonyl (C=O) groups excluding carboxylic acids is 1. The molecule has 0 spiro atoms. The van der Waals surface area contributed by atoms with Crippen LogP contribution in [0, 0.1) is 5.41 Å². The summed E-state index contributed by atoms with van der Waals surface area (Å²) >= 11 is 0. The molecule has 0 bridgehead atoms. The van der Waals surface area contributed by atoms with Crippen molar-refractivity contribution < 1.29 is 9.53 Å². The maximum atomic E-state index is 11.0. The van der Waals surface area contributed by atoms with Crippen LogP contribution in [-0.2, 0) is 4.74 Å². The second kappa shape index (κ2) is 4.69. The third kappa shape index (κ3) is 3.78. The Kier molecular flexibility index (Phi) is 3.54. The van der Waals surface area contributed by atoms with Crippen molar-refractivity contribution in [1.29, 1.82) is 5.41 Å². The van der Waals surface area contributed by atoms with E-state index in [1.54, 1.807) is 0 Å². The Bertz CT molecular complexity index is 200. The average Bonchev–Trinajstić information content (AvgIpc) is 2.04. The van der Waals surface area contributed by atoms with Gasteiger partial charge >= 0.3 is 6.09 Å². The van der Waals surface area contributed by atoms with Crippen LogP contribution in [0.4, 0.5) is 4.79 Å². The maximum absolute atomic E-state index is 11.0. The number of nitrogens with one attached hydrogen (secondary N) is 2. The lowest BCUT2D eigenvalue weighted by Crippen LogP contribution is -2.38. The largest absolute Gasteiger partial charge is 0.415 e. The van der Waals surface area contributed by atoms with Gasteiger partial charge in [-0.2, -0.15) is 0 Å². The molecule has 13 heavy (non-hydrogen) atoms. The molecule has 0 unspecified atom stereocenters. The topological polar surface area (TPSA) is 88.2 Å². The minimum Gasteiger partial charge on any atom is -0.377 e. The van der Waals surface area contributed by atoms with E-state index < -0.39 is 12.1 Å². The van der Waals surface area contributed by atoms with Crippen LogP contribution in [0.5, 0.6) is 0 Å². The summed E-state index contributed by atoms with van der Waals surface area (Å²) in [5.74, 6) is 0. The summed E-state index contributed by atoms with van der Waals surface area (Å²) in [7, 11) is 0. The summed E-state index contributed by atoms with van der Waals surface area (Å²) in [5.41, 5.74) is 4.90. The first-order valence-corrected chi connectivity index (χ1v) is 4.51. The Balaban J connectivity index is 2.22. The van der Waals surface area contributed by atoms with Crippen molar-refractivity contribution in [2.24, 2.45) is 5.73 Å². The number of ether oxygens (including phenoxy) is 1. The first kappa shape index (κ1) is 9.83. The number of rotatable bonds is 1. The van der Waals surface area contributed by atoms with Crippen LogP contribution >= 0.6 is 0 Å². The van der Waals surface area contributed by atoms with Crippen molar-refractivity contribution in [3.05, 3.63) is 0 Å². The molecule has 0 aromatic rings. The van der Waals surface area contributed by atoms with E-state index in [1.165, 1.54) is 6.42 Å². The highest BCUT2D eigenvalue weighted by atomic mass is 16.6. The lowest BCUT2D eigenvalue weighted by atomic mass is 9.96. The lowest BCUT2D eigenvalue weighted by molar-refractivity contribution is 0.187. The highest BCUT2D eigenvalue weighted by Gasteiger charge is 2.16. The van der Waals surface area contributed by atoms with E-state index in [4.69, 9.17) is 11.1 Å². The number of hydrogen-bond donors (Lipinski definition) is 3. The molecule has 0 heterocycles. The molecule has 0 aromatic heterocycles. The third-order valence-electron chi connectivity index (χ3n) is 2.13. The zero-order chi connectivity index (χ0) is 9.68. The van der Waals surface area contributed by atoms with Crippen LogP contribution in [0.3, 0.4) is 0 Å². The molecule has 4 N–H and O–H groups in total. The predicted octanol–water partition coefficient (Wildman–Crippen LogP) is 0.939. The quantitative estimate of drug-likeness (QED) is 0.419. The van der Waals surface area contributed by atoms with Crippen LogP contribution in [0.15, 0.2) is 0 Å². The molecule has 0 aromatic carbocycles. The van der Waals surface area contributed by atoms with E-state index >= 15 is 0 Å². The molecule has 1 aliphatic rings. The van der Waals surface area contributed by atoms with Gasteiger partial charge in [-0.3, -0.25) is 5.41 Å². The van der Waals surface area contributed by atoms with Gasteiger partial charge in [0.15, 0.2) is 0 Å². The van der Waals surface area contributed by atoms with Crippen molar-refractivity contribution in [1.82, 2.24) is 5.32 Å². The molecule has 5 heteroatoms. The fourth-order valence-electron chi connectivity index (χ4n) is 1.54. The van der Waals surface area contributed by atoms with Gasteiger partial charge < -0.3 is 15.8 Å². The van der Waals surface area contributed by atoms with Crippen LogP contribution < -0.4 is 11.1 Å². The molecule has 1 fully saturated rings. The summed E-state index contributed by atoms with van der Waals surface area (Å²) in [6.07, 6.45) is 4.90. The number of hydrogen-bond acceptors (Lipinski definition) is 3. The Morgan fingerprint density at radius 3 is 2.54 bits per heavy atom. The molecular formula is C8H15N3O2. The van der Waals surface area contributed by atoms with Gasteiger partial charge in [-0.1, -0.05) is 19.3 Å². The van der Waals surface area contributed by atoms with E-state index in [0.29, 0.717) is 0 Å². The molecule has 0 radical (unpaired) electrons. The number of amidine groups is 1. The van der Waals surface area contributed by atoms with Crippen LogP contribution in [0.1, 0.15) is 32.1 Å². The normalized spacial score (nSPS) is 17.8. The molecule has 74 valence electrons. The van der Waals surface area contributed by atoms with Gasteiger partial charge in [0, 0.05) is 6.04 Å². The molecule has 0 saturated heterocycles. The molecule has 5 nitrogen and oxygen atoms in total. The summed E-state index contributed by atoms with van der Waals surface area (Å²) in [4.78, 5) is 11.0. The SMILES string of the molecule is N=C(N)OC(=O)NC1CCCCC1. The Labute approximate surface area is 77.1 Å². The van der Waals surface area contributed by atoms with Crippen molar-refractivity contribution >= 4 is 12.1 Å². The van der Waals surface area contributed by atoms with Crippen LogP contribution in [0.2, 0.25) is 0 Å². The fourth-order valence-corrected chi connectivity index (χ4v) is 1.54. The van der Waals surface area contributed by atoms with Crippen molar-refractivity contribution in [3.8, 4) is 0 Å². The molecular weight excluding hydrogens is 170 g/mol. The van der Waals surface area contributed by atoms with Crippen LogP contribution in [0.25, 0.3) is 0 Å². The van der Waals surface area contributed by atoms with Gasteiger partial charge in [0.25, 0.3) is 6.02 Å². The highest BCUT2D eigenvalue weighted by Crippen LogP contribution is 2.17. The smallest absolute Gasteiger partial charge is 0.377 e. The zero-order valence-electron chi connectivity index (χ0n) is 7.51. The Hall–Kier alpha value is -1.26. The van der Waals surface area contributed by atoms with Crippen LogP contribution in [-0.4, -0.2) is 18.2 Å². The second-order valence-corrected chi connectivity index (χ2v) is 3.23. The third-order valence-corrected chi connectivity index (χ3v) is 2.13. The van der Waals surface area contributed by atoms with Gasteiger partial charge in [-0.25, -0.2) is 4.79 Å². The standard InChI is InChI=1S/C8H15N3O2/c9-7(10)13-8(12)11-6-4-2-1-3-5-6/h6H,1-5H2,(H3,9,10)(H,11,12). The number of carbonyl (C=O) groups is 1. The van der Waals surface area contributed by atoms with E-state index in [-0.39, 0.29) is 6.04 Å². The van der Waals surface area contributed by atoms with Gasteiger partial charge in [-0.05, 0) is 12.8 Å². The average molecular weight is 185 g/mol. The van der Waals surface area contributed by atoms with E-state index in [0.717, 1.165) is 25.7 Å². The summed E-state index contributed by atoms with van der Waals surface area (Å²) in [6.45, 7) is 0. The molecule has 0 aliphatic heterocycles. The number of amides is 1. The minimum absolute atomic E-state index is 0.195. The number of nitrogens with two attached hydrogens (primary N) is 1. The monoisotopic (exact) mass is 185 g/mol. The Morgan fingerprint density at radius 1 is 1.38 bits per heavy atom. The fraction of sp³-hybridized carbons (Fsp3) is 0.750. The van der Waals surface area contributed by atoms with Gasteiger partial charge in [-0.15, -0.1) is 0 Å². The van der Waals surface area contributed by atoms with Gasteiger partial charge in [0.1, 0.15) is 0 Å². The van der Waals surface area contributed by atoms with E-state index in [2.05, 4.69) is 10.1 Å². The highest BCUT2D eigenvalue weighted by molar-refractivity contribution is 5.83. The van der Waals surface area contributed by atoms with E-state index in [9.17, 15) is 4.79 Å². The zero-order valence-corrected chi connectivity index (χ0v) is 7.51. The molecule has 1 saturated carbocycles. The maximum Gasteiger partial charge on any atom is 0.415 e.